The van der Waals surface area contributed by atoms with Gasteiger partial charge in [-0.25, -0.2) is 4.39 Å². The number of methoxy groups -OCH3 is 1. The molecule has 0 unspecified atom stereocenters. The van der Waals surface area contributed by atoms with Gasteiger partial charge in [0, 0.05) is 7.11 Å². The highest BCUT2D eigenvalue weighted by atomic mass is 19.1. The van der Waals surface area contributed by atoms with Crippen LogP contribution in [0.25, 0.3) is 0 Å². The van der Waals surface area contributed by atoms with E-state index in [9.17, 15) is 4.39 Å². The number of hydrogen-bond donors (Lipinski definition) is 0. The van der Waals surface area contributed by atoms with E-state index in [4.69, 9.17) is 4.74 Å². The van der Waals surface area contributed by atoms with E-state index >= 15 is 0 Å². The molecule has 0 spiro atoms. The Kier molecular flexibility index (Phi) is 4.83. The first-order chi connectivity index (χ1) is 8.68. The molecule has 104 valence electrons. The van der Waals surface area contributed by atoms with Gasteiger partial charge in [-0.2, -0.15) is 0 Å². The summed E-state index contributed by atoms with van der Waals surface area (Å²) >= 11 is 0. The molecule has 0 bridgehead atoms. The van der Waals surface area contributed by atoms with Crippen molar-refractivity contribution in [2.75, 3.05) is 7.11 Å². The van der Waals surface area contributed by atoms with Crippen molar-refractivity contribution in [1.29, 1.82) is 0 Å². The number of halogens is 1. The smallest absolute Gasteiger partial charge is 0.0829 e. The molecule has 0 atom stereocenters. The summed E-state index contributed by atoms with van der Waals surface area (Å²) in [4.78, 5) is 0. The summed E-state index contributed by atoms with van der Waals surface area (Å²) in [5.41, 5.74) is 0.513. The highest BCUT2D eigenvalue weighted by Gasteiger charge is 2.39. The zero-order chi connectivity index (χ0) is 13.0. The van der Waals surface area contributed by atoms with Gasteiger partial charge in [0.25, 0.3) is 0 Å². The molecule has 0 amide bonds. The minimum Gasteiger partial charge on any atom is -0.381 e. The van der Waals surface area contributed by atoms with Crippen LogP contribution in [-0.4, -0.2) is 13.2 Å². The number of rotatable bonds is 3. The van der Waals surface area contributed by atoms with Crippen molar-refractivity contribution in [2.45, 2.75) is 64.4 Å². The Morgan fingerprint density at radius 2 is 1.67 bits per heavy atom. The Hall–Kier alpha value is -0.370. The number of hydrogen-bond acceptors (Lipinski definition) is 1. The maximum absolute atomic E-state index is 12.2. The van der Waals surface area contributed by atoms with Crippen LogP contribution in [0.5, 0.6) is 0 Å². The summed E-state index contributed by atoms with van der Waals surface area (Å²) in [6.45, 7) is 2.47. The predicted molar refractivity (Wildman–Crippen MR) is 73.1 cm³/mol. The summed E-state index contributed by atoms with van der Waals surface area (Å²) in [7, 11) is 1.84. The van der Waals surface area contributed by atoms with Crippen molar-refractivity contribution in [3.8, 4) is 0 Å². The van der Waals surface area contributed by atoms with Crippen LogP contribution in [0.1, 0.15) is 58.3 Å². The van der Waals surface area contributed by atoms with Gasteiger partial charge >= 0.3 is 0 Å². The molecule has 0 aromatic rings. The molecule has 2 saturated carbocycles. The SMILES string of the molecule is COC1CCC(C)(C2CCC(C=CF)CC2)CC1. The fourth-order valence-electron chi connectivity index (χ4n) is 4.01. The van der Waals surface area contributed by atoms with Crippen LogP contribution in [-0.2, 0) is 4.74 Å². The Balaban J connectivity index is 1.85. The molecule has 2 aliphatic carbocycles. The molecule has 2 heteroatoms. The lowest BCUT2D eigenvalue weighted by atomic mass is 9.61. The monoisotopic (exact) mass is 254 g/mol. The summed E-state index contributed by atoms with van der Waals surface area (Å²) < 4.78 is 17.7. The summed E-state index contributed by atoms with van der Waals surface area (Å²) in [5, 5.41) is 0. The van der Waals surface area contributed by atoms with Gasteiger partial charge in [-0.05, 0) is 68.6 Å². The molecule has 18 heavy (non-hydrogen) atoms. The summed E-state index contributed by atoms with van der Waals surface area (Å²) in [6.07, 6.45) is 12.9. The lowest BCUT2D eigenvalue weighted by molar-refractivity contribution is -0.00153. The topological polar surface area (TPSA) is 9.23 Å². The Morgan fingerprint density at radius 1 is 1.06 bits per heavy atom. The minimum atomic E-state index is 0.490. The van der Waals surface area contributed by atoms with E-state index in [-0.39, 0.29) is 0 Å². The fraction of sp³-hybridized carbons (Fsp3) is 0.875. The van der Waals surface area contributed by atoms with Crippen molar-refractivity contribution >= 4 is 0 Å². The lowest BCUT2D eigenvalue weighted by Crippen LogP contribution is -2.36. The van der Waals surface area contributed by atoms with Crippen molar-refractivity contribution in [3.63, 3.8) is 0 Å². The van der Waals surface area contributed by atoms with E-state index in [1.807, 2.05) is 7.11 Å². The second-order valence-corrected chi connectivity index (χ2v) is 6.52. The minimum absolute atomic E-state index is 0.490. The van der Waals surface area contributed by atoms with Crippen molar-refractivity contribution in [2.24, 2.45) is 17.3 Å². The highest BCUT2D eigenvalue weighted by molar-refractivity contribution is 4.93. The maximum Gasteiger partial charge on any atom is 0.0829 e. The predicted octanol–water partition coefficient (Wildman–Crippen LogP) is 4.87. The Labute approximate surface area is 111 Å². The maximum atomic E-state index is 12.2. The lowest BCUT2D eigenvalue weighted by Gasteiger charge is -2.45. The first-order valence-electron chi connectivity index (χ1n) is 7.47. The third kappa shape index (κ3) is 3.14. The molecular formula is C16H27FO. The molecule has 0 aliphatic heterocycles. The van der Waals surface area contributed by atoms with Gasteiger partial charge in [0.15, 0.2) is 0 Å². The molecule has 2 fully saturated rings. The van der Waals surface area contributed by atoms with Crippen molar-refractivity contribution < 1.29 is 9.13 Å². The van der Waals surface area contributed by atoms with Crippen LogP contribution in [0.15, 0.2) is 12.4 Å². The van der Waals surface area contributed by atoms with E-state index < -0.39 is 0 Å². The van der Waals surface area contributed by atoms with E-state index in [2.05, 4.69) is 6.92 Å². The molecule has 2 aliphatic rings. The van der Waals surface area contributed by atoms with Gasteiger partial charge in [0.1, 0.15) is 0 Å². The zero-order valence-electron chi connectivity index (χ0n) is 11.8. The van der Waals surface area contributed by atoms with E-state index in [0.717, 1.165) is 12.2 Å². The van der Waals surface area contributed by atoms with Crippen molar-refractivity contribution in [1.82, 2.24) is 0 Å². The average Bonchev–Trinajstić information content (AvgIpc) is 2.41. The molecule has 0 radical (unpaired) electrons. The number of ether oxygens (including phenoxy) is 1. The van der Waals surface area contributed by atoms with Crippen LogP contribution in [0, 0.1) is 17.3 Å². The zero-order valence-corrected chi connectivity index (χ0v) is 11.8. The first kappa shape index (κ1) is 14.0. The van der Waals surface area contributed by atoms with Crippen LogP contribution in [0.4, 0.5) is 4.39 Å². The molecule has 0 heterocycles. The van der Waals surface area contributed by atoms with Crippen LogP contribution in [0.3, 0.4) is 0 Å². The van der Waals surface area contributed by atoms with Crippen molar-refractivity contribution in [3.05, 3.63) is 12.4 Å². The molecule has 0 N–H and O–H groups in total. The highest BCUT2D eigenvalue weighted by Crippen LogP contribution is 2.49. The van der Waals surface area contributed by atoms with E-state index in [1.165, 1.54) is 51.4 Å². The van der Waals surface area contributed by atoms with Crippen LogP contribution >= 0.6 is 0 Å². The van der Waals surface area contributed by atoms with Gasteiger partial charge in [-0.15, -0.1) is 0 Å². The largest absolute Gasteiger partial charge is 0.381 e. The van der Waals surface area contributed by atoms with E-state index in [1.54, 1.807) is 6.08 Å². The molecule has 2 rings (SSSR count). The second kappa shape index (κ2) is 6.18. The normalized spacial score (nSPS) is 42.3. The molecule has 0 saturated heterocycles. The quantitative estimate of drug-likeness (QED) is 0.698. The van der Waals surface area contributed by atoms with Crippen LogP contribution < -0.4 is 0 Å². The standard InChI is InChI=1S/C16H27FO/c1-16(10-7-15(18-2)8-11-16)14-5-3-13(4-6-14)9-12-17/h9,12-15H,3-8,10-11H2,1-2H3. The fourth-order valence-corrected chi connectivity index (χ4v) is 4.01. The second-order valence-electron chi connectivity index (χ2n) is 6.52. The molecule has 0 aromatic carbocycles. The molecular weight excluding hydrogens is 227 g/mol. The third-order valence-electron chi connectivity index (χ3n) is 5.51. The van der Waals surface area contributed by atoms with E-state index in [0.29, 0.717) is 17.4 Å². The van der Waals surface area contributed by atoms with Gasteiger partial charge in [-0.1, -0.05) is 13.0 Å². The average molecular weight is 254 g/mol. The molecule has 0 aromatic heterocycles. The summed E-state index contributed by atoms with van der Waals surface area (Å²) in [6, 6.07) is 0. The van der Waals surface area contributed by atoms with Gasteiger partial charge in [-0.3, -0.25) is 0 Å². The first-order valence-corrected chi connectivity index (χ1v) is 7.47. The summed E-state index contributed by atoms with van der Waals surface area (Å²) in [5.74, 6) is 1.34. The third-order valence-corrected chi connectivity index (χ3v) is 5.51. The molecule has 1 nitrogen and oxygen atoms in total. The Bertz CT molecular complexity index is 271. The van der Waals surface area contributed by atoms with Gasteiger partial charge in [0.05, 0.1) is 12.4 Å². The number of allylic oxidation sites excluding steroid dienone is 1. The van der Waals surface area contributed by atoms with Crippen LogP contribution in [0.2, 0.25) is 0 Å². The van der Waals surface area contributed by atoms with Gasteiger partial charge < -0.3 is 4.74 Å². The Morgan fingerprint density at radius 3 is 2.17 bits per heavy atom. The van der Waals surface area contributed by atoms with Gasteiger partial charge in [0.2, 0.25) is 0 Å².